The largest absolute Gasteiger partial charge is 0.436 e. The Kier molecular flexibility index (Phi) is 3.18. The molecule has 0 saturated carbocycles. The second kappa shape index (κ2) is 4.64. The molecule has 1 aromatic heterocycles. The monoisotopic (exact) mass is 257 g/mol. The fourth-order valence-corrected chi connectivity index (χ4v) is 1.28. The van der Waals surface area contributed by atoms with Gasteiger partial charge in [-0.15, -0.1) is 0 Å². The summed E-state index contributed by atoms with van der Waals surface area (Å²) in [5.74, 6) is -1.37. The molecule has 0 N–H and O–H groups in total. The van der Waals surface area contributed by atoms with Gasteiger partial charge in [0.25, 0.3) is 0 Å². The van der Waals surface area contributed by atoms with Crippen molar-refractivity contribution in [3.05, 3.63) is 54.0 Å². The number of benzene rings is 1. The van der Waals surface area contributed by atoms with Crippen LogP contribution >= 0.6 is 0 Å². The van der Waals surface area contributed by atoms with Gasteiger partial charge in [0.2, 0.25) is 5.88 Å². The molecule has 0 bridgehead atoms. The average Bonchev–Trinajstić information content (AvgIpc) is 2.32. The van der Waals surface area contributed by atoms with Gasteiger partial charge in [-0.05, 0) is 24.3 Å². The van der Waals surface area contributed by atoms with Crippen molar-refractivity contribution in [2.45, 2.75) is 6.18 Å². The van der Waals surface area contributed by atoms with Crippen LogP contribution in [0.1, 0.15) is 5.56 Å². The van der Waals surface area contributed by atoms with Gasteiger partial charge in [0, 0.05) is 12.3 Å². The van der Waals surface area contributed by atoms with Crippen molar-refractivity contribution in [1.82, 2.24) is 4.98 Å². The molecule has 0 aliphatic rings. The van der Waals surface area contributed by atoms with Crippen molar-refractivity contribution in [2.24, 2.45) is 0 Å². The van der Waals surface area contributed by atoms with E-state index in [1.165, 1.54) is 12.3 Å². The minimum Gasteiger partial charge on any atom is -0.436 e. The van der Waals surface area contributed by atoms with E-state index in [2.05, 4.69) is 4.98 Å². The molecular formula is C12H7F4NO. The summed E-state index contributed by atoms with van der Waals surface area (Å²) in [7, 11) is 0. The molecule has 0 atom stereocenters. The highest BCUT2D eigenvalue weighted by Gasteiger charge is 2.31. The first kappa shape index (κ1) is 12.3. The molecule has 0 saturated heterocycles. The Morgan fingerprint density at radius 1 is 1.06 bits per heavy atom. The number of pyridine rings is 1. The Bertz CT molecular complexity index is 540. The molecule has 94 valence electrons. The number of ether oxygens (including phenoxy) is 1. The van der Waals surface area contributed by atoms with Crippen molar-refractivity contribution < 1.29 is 22.3 Å². The van der Waals surface area contributed by atoms with Crippen LogP contribution < -0.4 is 4.74 Å². The maximum absolute atomic E-state index is 13.3. The van der Waals surface area contributed by atoms with Crippen LogP contribution in [0.25, 0.3) is 0 Å². The zero-order chi connectivity index (χ0) is 13.2. The van der Waals surface area contributed by atoms with Crippen LogP contribution in [0.2, 0.25) is 0 Å². The summed E-state index contributed by atoms with van der Waals surface area (Å²) in [5, 5.41) is 0. The van der Waals surface area contributed by atoms with E-state index in [1.807, 2.05) is 0 Å². The fourth-order valence-electron chi connectivity index (χ4n) is 1.28. The highest BCUT2D eigenvalue weighted by atomic mass is 19.4. The minimum atomic E-state index is -4.55. The fraction of sp³-hybridized carbons (Fsp3) is 0.0833. The van der Waals surface area contributed by atoms with E-state index in [4.69, 9.17) is 4.74 Å². The van der Waals surface area contributed by atoms with Gasteiger partial charge >= 0.3 is 6.18 Å². The number of hydrogen-bond donors (Lipinski definition) is 0. The molecule has 6 heteroatoms. The third-order valence-corrected chi connectivity index (χ3v) is 2.11. The standard InChI is InChI=1S/C12H7F4NO/c13-9-5-4-8(12(14,15)16)7-10(9)18-11-3-1-2-6-17-11/h1-7H. The highest BCUT2D eigenvalue weighted by Crippen LogP contribution is 2.33. The number of halogens is 4. The summed E-state index contributed by atoms with van der Waals surface area (Å²) in [6, 6.07) is 6.56. The van der Waals surface area contributed by atoms with Crippen LogP contribution in [0, 0.1) is 5.82 Å². The van der Waals surface area contributed by atoms with E-state index < -0.39 is 23.3 Å². The predicted molar refractivity (Wildman–Crippen MR) is 55.7 cm³/mol. The second-order valence-corrected chi connectivity index (χ2v) is 3.41. The lowest BCUT2D eigenvalue weighted by Gasteiger charge is -2.10. The summed E-state index contributed by atoms with van der Waals surface area (Å²) >= 11 is 0. The minimum absolute atomic E-state index is 0.0238. The molecule has 2 rings (SSSR count). The molecule has 2 aromatic rings. The molecule has 18 heavy (non-hydrogen) atoms. The SMILES string of the molecule is Fc1ccc(C(F)(F)F)cc1Oc1ccccn1. The van der Waals surface area contributed by atoms with Crippen molar-refractivity contribution in [1.29, 1.82) is 0 Å². The summed E-state index contributed by atoms with van der Waals surface area (Å²) in [6.07, 6.45) is -3.16. The first-order valence-corrected chi connectivity index (χ1v) is 4.92. The van der Waals surface area contributed by atoms with E-state index in [-0.39, 0.29) is 5.88 Å². The van der Waals surface area contributed by atoms with E-state index in [0.29, 0.717) is 18.2 Å². The average molecular weight is 257 g/mol. The molecular weight excluding hydrogens is 250 g/mol. The van der Waals surface area contributed by atoms with Crippen molar-refractivity contribution in [3.8, 4) is 11.6 Å². The van der Waals surface area contributed by atoms with Crippen LogP contribution in [0.5, 0.6) is 11.6 Å². The van der Waals surface area contributed by atoms with Gasteiger partial charge < -0.3 is 4.74 Å². The third kappa shape index (κ3) is 2.77. The van der Waals surface area contributed by atoms with Crippen LogP contribution in [-0.4, -0.2) is 4.98 Å². The molecule has 0 fully saturated rings. The van der Waals surface area contributed by atoms with E-state index in [0.717, 1.165) is 0 Å². The van der Waals surface area contributed by atoms with Crippen molar-refractivity contribution in [3.63, 3.8) is 0 Å². The van der Waals surface area contributed by atoms with Gasteiger partial charge in [-0.25, -0.2) is 9.37 Å². The molecule has 1 heterocycles. The van der Waals surface area contributed by atoms with E-state index >= 15 is 0 Å². The maximum atomic E-state index is 13.3. The van der Waals surface area contributed by atoms with Crippen LogP contribution in [0.15, 0.2) is 42.6 Å². The lowest BCUT2D eigenvalue weighted by atomic mass is 10.2. The molecule has 0 aliphatic heterocycles. The van der Waals surface area contributed by atoms with Crippen LogP contribution in [0.3, 0.4) is 0 Å². The van der Waals surface area contributed by atoms with Gasteiger partial charge in [0.1, 0.15) is 0 Å². The van der Waals surface area contributed by atoms with Crippen molar-refractivity contribution >= 4 is 0 Å². The molecule has 0 spiro atoms. The Morgan fingerprint density at radius 3 is 2.44 bits per heavy atom. The zero-order valence-corrected chi connectivity index (χ0v) is 8.91. The molecule has 2 nitrogen and oxygen atoms in total. The number of alkyl halides is 3. The number of rotatable bonds is 2. The van der Waals surface area contributed by atoms with Gasteiger partial charge in [-0.2, -0.15) is 13.2 Å². The summed E-state index contributed by atoms with van der Waals surface area (Å²) in [6.45, 7) is 0. The van der Waals surface area contributed by atoms with Crippen LogP contribution in [-0.2, 0) is 6.18 Å². The Hall–Kier alpha value is -2.11. The van der Waals surface area contributed by atoms with Gasteiger partial charge in [-0.1, -0.05) is 6.07 Å². The van der Waals surface area contributed by atoms with Gasteiger partial charge in [-0.3, -0.25) is 0 Å². The predicted octanol–water partition coefficient (Wildman–Crippen LogP) is 4.03. The smallest absolute Gasteiger partial charge is 0.416 e. The number of hydrogen-bond acceptors (Lipinski definition) is 2. The van der Waals surface area contributed by atoms with Gasteiger partial charge in [0.15, 0.2) is 11.6 Å². The summed E-state index contributed by atoms with van der Waals surface area (Å²) in [4.78, 5) is 3.74. The maximum Gasteiger partial charge on any atom is 0.416 e. The third-order valence-electron chi connectivity index (χ3n) is 2.11. The molecule has 0 unspecified atom stereocenters. The molecule has 0 radical (unpaired) electrons. The van der Waals surface area contributed by atoms with Crippen molar-refractivity contribution in [2.75, 3.05) is 0 Å². The number of nitrogens with zero attached hydrogens (tertiary/aromatic N) is 1. The van der Waals surface area contributed by atoms with Gasteiger partial charge in [0.05, 0.1) is 5.56 Å². The van der Waals surface area contributed by atoms with E-state index in [1.54, 1.807) is 12.1 Å². The number of aromatic nitrogens is 1. The molecule has 1 aromatic carbocycles. The molecule has 0 aliphatic carbocycles. The highest BCUT2D eigenvalue weighted by molar-refractivity contribution is 5.34. The second-order valence-electron chi connectivity index (χ2n) is 3.41. The Morgan fingerprint density at radius 2 is 1.83 bits per heavy atom. The Labute approximate surface area is 99.8 Å². The first-order valence-electron chi connectivity index (χ1n) is 4.92. The topological polar surface area (TPSA) is 22.1 Å². The van der Waals surface area contributed by atoms with E-state index in [9.17, 15) is 17.6 Å². The lowest BCUT2D eigenvalue weighted by Crippen LogP contribution is -2.05. The first-order chi connectivity index (χ1) is 8.47. The Balaban J connectivity index is 2.33. The summed E-state index contributed by atoms with van der Waals surface area (Å²) < 4.78 is 55.6. The normalized spacial score (nSPS) is 11.3. The quantitative estimate of drug-likeness (QED) is 0.758. The molecule has 0 amide bonds. The lowest BCUT2D eigenvalue weighted by molar-refractivity contribution is -0.137. The summed E-state index contributed by atoms with van der Waals surface area (Å²) in [5.41, 5.74) is -0.977. The van der Waals surface area contributed by atoms with Crippen LogP contribution in [0.4, 0.5) is 17.6 Å². The zero-order valence-electron chi connectivity index (χ0n) is 8.91.